The van der Waals surface area contributed by atoms with E-state index in [1.54, 1.807) is 7.05 Å². The van der Waals surface area contributed by atoms with Crippen LogP contribution in [0.4, 0.5) is 0 Å². The lowest BCUT2D eigenvalue weighted by Gasteiger charge is -2.36. The molecule has 1 aliphatic carbocycles. The number of amides is 2. The number of nitrogens with zero attached hydrogens (tertiary/aromatic N) is 1. The lowest BCUT2D eigenvalue weighted by atomic mass is 9.91. The van der Waals surface area contributed by atoms with Gasteiger partial charge in [-0.15, -0.1) is 0 Å². The molecule has 0 aromatic heterocycles. The normalized spacial score (nSPS) is 26.3. The number of hydrogen-bond donors (Lipinski definition) is 3. The van der Waals surface area contributed by atoms with Gasteiger partial charge in [-0.3, -0.25) is 9.59 Å². The van der Waals surface area contributed by atoms with Crippen LogP contribution in [0, 0.1) is 0 Å². The van der Waals surface area contributed by atoms with E-state index in [-0.39, 0.29) is 18.4 Å². The third kappa shape index (κ3) is 3.67. The summed E-state index contributed by atoms with van der Waals surface area (Å²) in [6.07, 6.45) is 2.78. The summed E-state index contributed by atoms with van der Waals surface area (Å²) < 4.78 is 0. The molecular weight excluding hydrogens is 222 g/mol. The fourth-order valence-corrected chi connectivity index (χ4v) is 2.27. The first-order valence-electron chi connectivity index (χ1n) is 5.92. The van der Waals surface area contributed by atoms with Crippen molar-refractivity contribution < 1.29 is 14.7 Å². The Kier molecular flexibility index (Phi) is 4.89. The maximum atomic E-state index is 11.9. The summed E-state index contributed by atoms with van der Waals surface area (Å²) in [6.45, 7) is 0. The van der Waals surface area contributed by atoms with Gasteiger partial charge in [-0.05, 0) is 12.8 Å². The van der Waals surface area contributed by atoms with E-state index in [1.807, 2.05) is 0 Å². The minimum absolute atomic E-state index is 0.161. The predicted molar refractivity (Wildman–Crippen MR) is 62.8 cm³/mol. The van der Waals surface area contributed by atoms with E-state index in [0.717, 1.165) is 19.3 Å². The molecule has 1 rings (SSSR count). The molecule has 5 N–H and O–H groups in total. The topological polar surface area (TPSA) is 110 Å². The Hall–Kier alpha value is -1.14. The summed E-state index contributed by atoms with van der Waals surface area (Å²) in [5.74, 6) is -0.932. The van der Waals surface area contributed by atoms with Gasteiger partial charge in [-0.1, -0.05) is 12.8 Å². The van der Waals surface area contributed by atoms with Crippen LogP contribution in [0.3, 0.4) is 0 Å². The molecule has 2 amide bonds. The molecule has 1 aliphatic rings. The van der Waals surface area contributed by atoms with Crippen LogP contribution >= 0.6 is 0 Å². The molecule has 0 bridgehead atoms. The first-order chi connectivity index (χ1) is 7.93. The minimum Gasteiger partial charge on any atom is -0.391 e. The second kappa shape index (κ2) is 5.97. The van der Waals surface area contributed by atoms with Gasteiger partial charge >= 0.3 is 0 Å². The Morgan fingerprint density at radius 1 is 1.41 bits per heavy atom. The Bertz CT molecular complexity index is 296. The highest BCUT2D eigenvalue weighted by atomic mass is 16.3. The Morgan fingerprint density at radius 2 is 2.00 bits per heavy atom. The number of likely N-dealkylation sites (N-methyl/N-ethyl adjacent to an activating group) is 1. The van der Waals surface area contributed by atoms with Crippen molar-refractivity contribution in [1.82, 2.24) is 4.90 Å². The summed E-state index contributed by atoms with van der Waals surface area (Å²) in [6, 6.07) is -1.11. The predicted octanol–water partition coefficient (Wildman–Crippen LogP) is -1.05. The average molecular weight is 243 g/mol. The smallest absolute Gasteiger partial charge is 0.240 e. The van der Waals surface area contributed by atoms with Crippen molar-refractivity contribution in [3.8, 4) is 0 Å². The molecule has 17 heavy (non-hydrogen) atoms. The molecule has 3 unspecified atom stereocenters. The monoisotopic (exact) mass is 243 g/mol. The standard InChI is InChI=1S/C11H21N3O3/c1-14(8-4-2-3-5-9(8)15)11(17)7(12)6-10(13)16/h7-9,15H,2-6,12H2,1H3,(H2,13,16). The van der Waals surface area contributed by atoms with Gasteiger partial charge in [0, 0.05) is 7.05 Å². The SMILES string of the molecule is CN(C(=O)C(N)CC(N)=O)C1CCCCC1O. The number of rotatable bonds is 4. The van der Waals surface area contributed by atoms with E-state index >= 15 is 0 Å². The van der Waals surface area contributed by atoms with Gasteiger partial charge in [0.25, 0.3) is 0 Å². The van der Waals surface area contributed by atoms with Crippen molar-refractivity contribution in [2.24, 2.45) is 11.5 Å². The van der Waals surface area contributed by atoms with Crippen LogP contribution in [0.15, 0.2) is 0 Å². The zero-order chi connectivity index (χ0) is 13.0. The first kappa shape index (κ1) is 13.9. The summed E-state index contributed by atoms with van der Waals surface area (Å²) in [5, 5.41) is 9.83. The molecule has 0 aromatic rings. The second-order valence-electron chi connectivity index (χ2n) is 4.65. The van der Waals surface area contributed by atoms with Crippen LogP contribution in [-0.2, 0) is 9.59 Å². The molecule has 0 aromatic carbocycles. The molecule has 1 fully saturated rings. The van der Waals surface area contributed by atoms with Gasteiger partial charge in [-0.25, -0.2) is 0 Å². The summed E-state index contributed by atoms with van der Waals surface area (Å²) >= 11 is 0. The minimum atomic E-state index is -0.911. The molecule has 0 saturated heterocycles. The third-order valence-electron chi connectivity index (χ3n) is 3.28. The van der Waals surface area contributed by atoms with Crippen LogP contribution in [0.1, 0.15) is 32.1 Å². The fraction of sp³-hybridized carbons (Fsp3) is 0.818. The summed E-state index contributed by atoms with van der Waals surface area (Å²) in [5.41, 5.74) is 10.6. The molecule has 0 radical (unpaired) electrons. The van der Waals surface area contributed by atoms with Crippen molar-refractivity contribution in [2.75, 3.05) is 7.05 Å². The number of carbonyl (C=O) groups excluding carboxylic acids is 2. The first-order valence-corrected chi connectivity index (χ1v) is 5.92. The quantitative estimate of drug-likeness (QED) is 0.585. The summed E-state index contributed by atoms with van der Waals surface area (Å²) in [7, 11) is 1.61. The molecule has 6 nitrogen and oxygen atoms in total. The highest BCUT2D eigenvalue weighted by Crippen LogP contribution is 2.22. The molecule has 3 atom stereocenters. The van der Waals surface area contributed by atoms with Crippen LogP contribution in [0.5, 0.6) is 0 Å². The zero-order valence-electron chi connectivity index (χ0n) is 10.1. The van der Waals surface area contributed by atoms with Gasteiger partial charge in [-0.2, -0.15) is 0 Å². The van der Waals surface area contributed by atoms with Gasteiger partial charge in [0.15, 0.2) is 0 Å². The molecule has 0 spiro atoms. The van der Waals surface area contributed by atoms with Crippen LogP contribution in [0.25, 0.3) is 0 Å². The Morgan fingerprint density at radius 3 is 2.53 bits per heavy atom. The lowest BCUT2D eigenvalue weighted by molar-refractivity contribution is -0.138. The van der Waals surface area contributed by atoms with E-state index < -0.39 is 18.1 Å². The number of primary amides is 1. The van der Waals surface area contributed by atoms with E-state index in [9.17, 15) is 14.7 Å². The molecule has 6 heteroatoms. The molecule has 98 valence electrons. The highest BCUT2D eigenvalue weighted by Gasteiger charge is 2.31. The van der Waals surface area contributed by atoms with Crippen molar-refractivity contribution in [3.63, 3.8) is 0 Å². The van der Waals surface area contributed by atoms with Crippen LogP contribution in [0.2, 0.25) is 0 Å². The van der Waals surface area contributed by atoms with Crippen molar-refractivity contribution in [2.45, 2.75) is 50.3 Å². The van der Waals surface area contributed by atoms with Crippen LogP contribution in [-0.4, -0.2) is 47.1 Å². The number of aliphatic hydroxyl groups is 1. The molecule has 0 heterocycles. The Labute approximate surface area is 101 Å². The van der Waals surface area contributed by atoms with Gasteiger partial charge in [0.2, 0.25) is 11.8 Å². The largest absolute Gasteiger partial charge is 0.391 e. The lowest BCUT2D eigenvalue weighted by Crippen LogP contribution is -2.52. The number of carbonyl (C=O) groups is 2. The average Bonchev–Trinajstić information content (AvgIpc) is 2.27. The maximum Gasteiger partial charge on any atom is 0.240 e. The Balaban J connectivity index is 2.58. The zero-order valence-corrected chi connectivity index (χ0v) is 10.1. The fourth-order valence-electron chi connectivity index (χ4n) is 2.27. The third-order valence-corrected chi connectivity index (χ3v) is 3.28. The second-order valence-corrected chi connectivity index (χ2v) is 4.65. The van der Waals surface area contributed by atoms with Crippen LogP contribution < -0.4 is 11.5 Å². The van der Waals surface area contributed by atoms with Crippen molar-refractivity contribution in [1.29, 1.82) is 0 Å². The molecule has 0 aliphatic heterocycles. The van der Waals surface area contributed by atoms with Crippen molar-refractivity contribution >= 4 is 11.8 Å². The van der Waals surface area contributed by atoms with E-state index in [1.165, 1.54) is 4.90 Å². The summed E-state index contributed by atoms with van der Waals surface area (Å²) in [4.78, 5) is 24.1. The van der Waals surface area contributed by atoms with Gasteiger partial charge in [0.05, 0.1) is 24.6 Å². The molecule has 1 saturated carbocycles. The number of nitrogens with two attached hydrogens (primary N) is 2. The molecular formula is C11H21N3O3. The number of aliphatic hydroxyl groups excluding tert-OH is 1. The highest BCUT2D eigenvalue weighted by molar-refractivity contribution is 5.87. The maximum absolute atomic E-state index is 11.9. The number of hydrogen-bond acceptors (Lipinski definition) is 4. The van der Waals surface area contributed by atoms with E-state index in [2.05, 4.69) is 0 Å². The van der Waals surface area contributed by atoms with Gasteiger partial charge < -0.3 is 21.5 Å². The van der Waals surface area contributed by atoms with E-state index in [0.29, 0.717) is 6.42 Å². The van der Waals surface area contributed by atoms with E-state index in [4.69, 9.17) is 11.5 Å². The van der Waals surface area contributed by atoms with Gasteiger partial charge in [0.1, 0.15) is 0 Å². The van der Waals surface area contributed by atoms with Crippen molar-refractivity contribution in [3.05, 3.63) is 0 Å².